The summed E-state index contributed by atoms with van der Waals surface area (Å²) < 4.78 is 55.3. The summed E-state index contributed by atoms with van der Waals surface area (Å²) in [7, 11) is 0. The molecule has 1 saturated carbocycles. The molecule has 3 unspecified atom stereocenters. The Labute approximate surface area is 232 Å². The summed E-state index contributed by atoms with van der Waals surface area (Å²) in [6, 6.07) is 9.83. The number of carbonyl (C=O) groups is 1. The number of nitrogens with one attached hydrogen (secondary N) is 1. The van der Waals surface area contributed by atoms with Gasteiger partial charge in [-0.05, 0) is 36.4 Å². The largest absolute Gasteiger partial charge is 0.416 e. The van der Waals surface area contributed by atoms with Crippen LogP contribution in [0.25, 0.3) is 17.1 Å². The van der Waals surface area contributed by atoms with E-state index in [-0.39, 0.29) is 46.5 Å². The molecule has 1 aliphatic rings. The van der Waals surface area contributed by atoms with Crippen LogP contribution < -0.4 is 11.0 Å². The van der Waals surface area contributed by atoms with Crippen LogP contribution in [0.5, 0.6) is 0 Å². The van der Waals surface area contributed by atoms with E-state index in [1.807, 2.05) is 0 Å². The van der Waals surface area contributed by atoms with Crippen LogP contribution >= 0.6 is 23.2 Å². The van der Waals surface area contributed by atoms with Gasteiger partial charge in [-0.3, -0.25) is 9.36 Å². The molecule has 1 amide bonds. The Morgan fingerprint density at radius 3 is 2.50 bits per heavy atom. The number of aliphatic hydroxyl groups is 1. The van der Waals surface area contributed by atoms with E-state index < -0.39 is 42.6 Å². The summed E-state index contributed by atoms with van der Waals surface area (Å²) in [5, 5.41) is 21.1. The molecule has 0 saturated heterocycles. The quantitative estimate of drug-likeness (QED) is 0.300. The molecule has 0 bridgehead atoms. The highest BCUT2D eigenvalue weighted by molar-refractivity contribution is 6.33. The normalized spacial score (nSPS) is 17.6. The molecule has 3 atom stereocenters. The fraction of sp³-hybridized carbons (Fsp3) is 0.292. The lowest BCUT2D eigenvalue weighted by atomic mass is 10.1. The molecule has 210 valence electrons. The molecule has 0 spiro atoms. The van der Waals surface area contributed by atoms with Crippen LogP contribution in [0.15, 0.2) is 53.6 Å². The molecule has 2 heterocycles. The first-order chi connectivity index (χ1) is 18.9. The predicted molar refractivity (Wildman–Crippen MR) is 135 cm³/mol. The van der Waals surface area contributed by atoms with Gasteiger partial charge >= 0.3 is 11.9 Å². The molecule has 0 aliphatic heterocycles. The smallest absolute Gasteiger partial charge is 0.382 e. The Hall–Kier alpha value is -3.75. The summed E-state index contributed by atoms with van der Waals surface area (Å²) in [6.45, 7) is -1.46. The minimum atomic E-state index is -4.97. The highest BCUT2D eigenvalue weighted by Crippen LogP contribution is 2.28. The molecule has 4 aromatic rings. The molecule has 16 heteroatoms. The van der Waals surface area contributed by atoms with Gasteiger partial charge in [0.1, 0.15) is 19.0 Å². The molecular formula is C24H19Cl2F4N7O3. The van der Waals surface area contributed by atoms with Gasteiger partial charge in [-0.25, -0.2) is 23.5 Å². The van der Waals surface area contributed by atoms with Crippen molar-refractivity contribution < 1.29 is 27.5 Å². The van der Waals surface area contributed by atoms with Gasteiger partial charge < -0.3 is 10.4 Å². The van der Waals surface area contributed by atoms with Gasteiger partial charge in [-0.1, -0.05) is 29.3 Å². The zero-order valence-corrected chi connectivity index (χ0v) is 21.7. The number of aromatic nitrogens is 6. The Morgan fingerprint density at radius 2 is 1.85 bits per heavy atom. The number of hydrogen-bond donors (Lipinski definition) is 2. The van der Waals surface area contributed by atoms with Crippen LogP contribution in [0.2, 0.25) is 10.0 Å². The van der Waals surface area contributed by atoms with Crippen molar-refractivity contribution in [1.29, 1.82) is 0 Å². The second-order valence-corrected chi connectivity index (χ2v) is 9.86. The minimum Gasteiger partial charge on any atom is -0.382 e. The van der Waals surface area contributed by atoms with Crippen molar-refractivity contribution in [2.24, 2.45) is 0 Å². The lowest BCUT2D eigenvalue weighted by molar-refractivity contribution is -0.207. The van der Waals surface area contributed by atoms with E-state index in [0.29, 0.717) is 9.59 Å². The van der Waals surface area contributed by atoms with Crippen molar-refractivity contribution in [2.45, 2.75) is 44.0 Å². The maximum Gasteiger partial charge on any atom is 0.416 e. The lowest BCUT2D eigenvalue weighted by Gasteiger charge is -2.15. The Morgan fingerprint density at radius 1 is 1.15 bits per heavy atom. The van der Waals surface area contributed by atoms with Gasteiger partial charge in [-0.2, -0.15) is 13.2 Å². The van der Waals surface area contributed by atoms with Crippen LogP contribution in [0, 0.1) is 0 Å². The Bertz CT molecular complexity index is 1620. The van der Waals surface area contributed by atoms with Gasteiger partial charge in [0.05, 0.1) is 28.9 Å². The van der Waals surface area contributed by atoms with E-state index in [9.17, 15) is 32.3 Å². The maximum absolute atomic E-state index is 13.3. The number of aliphatic hydroxyl groups excluding tert-OH is 1. The maximum atomic E-state index is 13.3. The van der Waals surface area contributed by atoms with Crippen LogP contribution in [0.4, 0.5) is 17.6 Å². The summed E-state index contributed by atoms with van der Waals surface area (Å²) in [6.07, 6.45) is -7.45. The van der Waals surface area contributed by atoms with E-state index >= 15 is 0 Å². The lowest BCUT2D eigenvalue weighted by Crippen LogP contribution is -2.37. The fourth-order valence-electron chi connectivity index (χ4n) is 3.90. The third kappa shape index (κ3) is 5.74. The molecule has 40 heavy (non-hydrogen) atoms. The molecule has 1 fully saturated rings. The minimum absolute atomic E-state index is 0.0167. The number of carbonyl (C=O) groups excluding carboxylic acids is 1. The van der Waals surface area contributed by atoms with Crippen molar-refractivity contribution in [3.63, 3.8) is 0 Å². The van der Waals surface area contributed by atoms with Crippen molar-refractivity contribution in [2.75, 3.05) is 0 Å². The summed E-state index contributed by atoms with van der Waals surface area (Å²) in [4.78, 5) is 29.9. The number of nitrogens with zero attached hydrogens (tertiary/aromatic N) is 6. The van der Waals surface area contributed by atoms with E-state index in [4.69, 9.17) is 23.2 Å². The highest BCUT2D eigenvalue weighted by atomic mass is 35.5. The van der Waals surface area contributed by atoms with E-state index in [1.165, 1.54) is 53.5 Å². The van der Waals surface area contributed by atoms with Crippen molar-refractivity contribution in [3.8, 4) is 17.1 Å². The first kappa shape index (κ1) is 27.8. The summed E-state index contributed by atoms with van der Waals surface area (Å²) in [5.74, 6) is -0.686. The number of alkyl halides is 4. The monoisotopic (exact) mass is 599 g/mol. The molecule has 2 N–H and O–H groups in total. The van der Waals surface area contributed by atoms with Gasteiger partial charge in [0.25, 0.3) is 5.91 Å². The fourth-order valence-corrected chi connectivity index (χ4v) is 4.29. The molecule has 2 aromatic carbocycles. The van der Waals surface area contributed by atoms with Gasteiger partial charge in [-0.15, -0.1) is 10.2 Å². The molecule has 10 nitrogen and oxygen atoms in total. The molecule has 0 radical (unpaired) electrons. The van der Waals surface area contributed by atoms with Crippen LogP contribution in [0.3, 0.4) is 0 Å². The summed E-state index contributed by atoms with van der Waals surface area (Å²) >= 11 is 12.2. The number of halogens is 6. The third-order valence-corrected chi connectivity index (χ3v) is 6.64. The average Bonchev–Trinajstić information content (AvgIpc) is 3.26. The number of benzene rings is 2. The molecular weight excluding hydrogens is 581 g/mol. The van der Waals surface area contributed by atoms with Gasteiger partial charge in [0.15, 0.2) is 17.8 Å². The molecule has 2 aromatic heterocycles. The van der Waals surface area contributed by atoms with Gasteiger partial charge in [0, 0.05) is 17.0 Å². The molecule has 5 rings (SSSR count). The Kier molecular flexibility index (Phi) is 7.42. The first-order valence-corrected chi connectivity index (χ1v) is 12.5. The summed E-state index contributed by atoms with van der Waals surface area (Å²) in [5.41, 5.74) is -0.404. The van der Waals surface area contributed by atoms with E-state index in [1.54, 1.807) is 0 Å². The van der Waals surface area contributed by atoms with Crippen molar-refractivity contribution in [3.05, 3.63) is 80.7 Å². The standard InChI is InChI=1S/C24H19Cl2F4N7O3/c25-13-6-4-12(5-7-13)21-34-36(23(40)35(21)9-18(38)24(28,29)30)10-19-31-11-37(33-19)20-14(2-1-3-15(20)26)22(39)32-17-8-16(17)27/h1-7,11,16-18,38H,8-10H2,(H,32,39). The van der Waals surface area contributed by atoms with Crippen molar-refractivity contribution >= 4 is 29.1 Å². The van der Waals surface area contributed by atoms with Crippen LogP contribution in [-0.4, -0.2) is 64.6 Å². The number of rotatable bonds is 8. The van der Waals surface area contributed by atoms with Crippen LogP contribution in [-0.2, 0) is 13.1 Å². The van der Waals surface area contributed by atoms with E-state index in [2.05, 4.69) is 20.5 Å². The number of para-hydroxylation sites is 1. The Balaban J connectivity index is 1.47. The van der Waals surface area contributed by atoms with Crippen LogP contribution in [0.1, 0.15) is 22.6 Å². The average molecular weight is 600 g/mol. The third-order valence-electron chi connectivity index (χ3n) is 6.08. The SMILES string of the molecule is O=C(NC1CC1F)c1cccc(Cl)c1-n1cnc(Cn2nc(-c3ccc(Cl)cc3)n(CC(O)C(F)(F)F)c2=O)n1. The van der Waals surface area contributed by atoms with Crippen molar-refractivity contribution in [1.82, 2.24) is 34.4 Å². The van der Waals surface area contributed by atoms with E-state index in [0.717, 1.165) is 4.68 Å². The number of amides is 1. The zero-order valence-electron chi connectivity index (χ0n) is 20.2. The van der Waals surface area contributed by atoms with Gasteiger partial charge in [0.2, 0.25) is 0 Å². The first-order valence-electron chi connectivity index (χ1n) is 11.7. The second kappa shape index (κ2) is 10.7. The second-order valence-electron chi connectivity index (χ2n) is 9.01. The topological polar surface area (TPSA) is 120 Å². The zero-order chi connectivity index (χ0) is 28.8. The number of hydrogen-bond acceptors (Lipinski definition) is 6. The highest BCUT2D eigenvalue weighted by Gasteiger charge is 2.40. The molecule has 1 aliphatic carbocycles. The predicted octanol–water partition coefficient (Wildman–Crippen LogP) is 3.41.